The summed E-state index contributed by atoms with van der Waals surface area (Å²) in [5.74, 6) is 1.96. The lowest BCUT2D eigenvalue weighted by atomic mass is 9.92. The molecule has 124 valence electrons. The van der Waals surface area contributed by atoms with Crippen molar-refractivity contribution < 1.29 is 14.3 Å². The molecule has 1 aliphatic carbocycles. The number of aryl methyl sites for hydroxylation is 2. The van der Waals surface area contributed by atoms with Crippen LogP contribution in [0.4, 0.5) is 0 Å². The normalized spacial score (nSPS) is 18.6. The van der Waals surface area contributed by atoms with Crippen molar-refractivity contribution in [2.24, 2.45) is 0 Å². The quantitative estimate of drug-likeness (QED) is 0.917. The monoisotopic (exact) mass is 325 g/mol. The maximum absolute atomic E-state index is 12.6. The molecule has 0 unspecified atom stereocenters. The van der Waals surface area contributed by atoms with Crippen molar-refractivity contribution in [3.05, 3.63) is 47.0 Å². The predicted octanol–water partition coefficient (Wildman–Crippen LogP) is 2.36. The van der Waals surface area contributed by atoms with Gasteiger partial charge >= 0.3 is 0 Å². The summed E-state index contributed by atoms with van der Waals surface area (Å²) in [5, 5.41) is 3.10. The molecule has 1 aromatic carbocycles. The third-order valence-corrected chi connectivity index (χ3v) is 4.41. The molecule has 2 heterocycles. The van der Waals surface area contributed by atoms with Crippen LogP contribution >= 0.6 is 0 Å². The molecule has 6 nitrogen and oxygen atoms in total. The van der Waals surface area contributed by atoms with Gasteiger partial charge in [-0.1, -0.05) is 0 Å². The molecule has 0 saturated carbocycles. The number of benzene rings is 1. The zero-order chi connectivity index (χ0) is 16.5. The molecule has 1 aromatic heterocycles. The van der Waals surface area contributed by atoms with Gasteiger partial charge in [0.15, 0.2) is 11.5 Å². The Labute approximate surface area is 140 Å². The van der Waals surface area contributed by atoms with Gasteiger partial charge in [-0.2, -0.15) is 0 Å². The Balaban J connectivity index is 1.55. The van der Waals surface area contributed by atoms with Crippen LogP contribution in [0.1, 0.15) is 46.3 Å². The van der Waals surface area contributed by atoms with Crippen LogP contribution in [0, 0.1) is 6.92 Å². The number of fused-ring (bicyclic) bond motifs is 2. The molecule has 0 saturated heterocycles. The van der Waals surface area contributed by atoms with E-state index in [1.165, 1.54) is 0 Å². The SMILES string of the molecule is Cc1ncc2c(n1)CCC[C@@H]2NC(=O)c1ccc2c(c1)OCCO2. The lowest BCUT2D eigenvalue weighted by molar-refractivity contribution is 0.0931. The number of amides is 1. The first-order chi connectivity index (χ1) is 11.7. The molecule has 0 spiro atoms. The summed E-state index contributed by atoms with van der Waals surface area (Å²) < 4.78 is 11.0. The first kappa shape index (κ1) is 14.9. The third-order valence-electron chi connectivity index (χ3n) is 4.41. The van der Waals surface area contributed by atoms with Crippen LogP contribution in [0.2, 0.25) is 0 Å². The summed E-state index contributed by atoms with van der Waals surface area (Å²) in [5.41, 5.74) is 2.64. The summed E-state index contributed by atoms with van der Waals surface area (Å²) >= 11 is 0. The van der Waals surface area contributed by atoms with Gasteiger partial charge in [-0.05, 0) is 44.4 Å². The molecule has 1 amide bonds. The van der Waals surface area contributed by atoms with Gasteiger partial charge in [0.05, 0.1) is 6.04 Å². The lowest BCUT2D eigenvalue weighted by Gasteiger charge is -2.25. The van der Waals surface area contributed by atoms with Crippen LogP contribution in [0.3, 0.4) is 0 Å². The van der Waals surface area contributed by atoms with Crippen molar-refractivity contribution in [2.75, 3.05) is 13.2 Å². The Bertz CT molecular complexity index is 791. The number of carbonyl (C=O) groups is 1. The van der Waals surface area contributed by atoms with Crippen LogP contribution in [0.5, 0.6) is 11.5 Å². The van der Waals surface area contributed by atoms with E-state index in [0.29, 0.717) is 30.3 Å². The number of hydrogen-bond donors (Lipinski definition) is 1. The standard InChI is InChI=1S/C18H19N3O3/c1-11-19-10-13-14(20-11)3-2-4-15(13)21-18(22)12-5-6-16-17(9-12)24-8-7-23-16/h5-6,9-10,15H,2-4,7-8H2,1H3,(H,21,22)/t15-/m0/s1. The van der Waals surface area contributed by atoms with Crippen molar-refractivity contribution in [1.29, 1.82) is 0 Å². The molecule has 2 aromatic rings. The second-order valence-corrected chi connectivity index (χ2v) is 6.10. The summed E-state index contributed by atoms with van der Waals surface area (Å²) in [7, 11) is 0. The molecule has 0 fully saturated rings. The van der Waals surface area contributed by atoms with Gasteiger partial charge in [-0.15, -0.1) is 0 Å². The number of nitrogens with zero attached hydrogens (tertiary/aromatic N) is 2. The molecule has 6 heteroatoms. The zero-order valence-electron chi connectivity index (χ0n) is 13.5. The molecule has 2 aliphatic rings. The molecule has 1 N–H and O–H groups in total. The zero-order valence-corrected chi connectivity index (χ0v) is 13.5. The van der Waals surface area contributed by atoms with Crippen molar-refractivity contribution in [3.8, 4) is 11.5 Å². The van der Waals surface area contributed by atoms with Gasteiger partial charge in [-0.25, -0.2) is 9.97 Å². The van der Waals surface area contributed by atoms with E-state index in [2.05, 4.69) is 15.3 Å². The summed E-state index contributed by atoms with van der Waals surface area (Å²) in [6.45, 7) is 2.93. The van der Waals surface area contributed by atoms with Crippen molar-refractivity contribution in [3.63, 3.8) is 0 Å². The number of aromatic nitrogens is 2. The van der Waals surface area contributed by atoms with Crippen LogP contribution in [0.15, 0.2) is 24.4 Å². The van der Waals surface area contributed by atoms with Crippen LogP contribution in [0.25, 0.3) is 0 Å². The fourth-order valence-electron chi connectivity index (χ4n) is 3.22. The highest BCUT2D eigenvalue weighted by molar-refractivity contribution is 5.95. The van der Waals surface area contributed by atoms with Crippen molar-refractivity contribution >= 4 is 5.91 Å². The Hall–Kier alpha value is -2.63. The molecule has 0 bridgehead atoms. The minimum atomic E-state index is -0.120. The fraction of sp³-hybridized carbons (Fsp3) is 0.389. The Kier molecular flexibility index (Phi) is 3.80. The van der Waals surface area contributed by atoms with E-state index in [4.69, 9.17) is 9.47 Å². The molecular weight excluding hydrogens is 306 g/mol. The first-order valence-corrected chi connectivity index (χ1v) is 8.23. The fourth-order valence-corrected chi connectivity index (χ4v) is 3.22. The van der Waals surface area contributed by atoms with Crippen LogP contribution < -0.4 is 14.8 Å². The average Bonchev–Trinajstić information content (AvgIpc) is 2.61. The van der Waals surface area contributed by atoms with Gasteiger partial charge in [0.2, 0.25) is 0 Å². The number of ether oxygens (including phenoxy) is 2. The second-order valence-electron chi connectivity index (χ2n) is 6.10. The van der Waals surface area contributed by atoms with E-state index in [9.17, 15) is 4.79 Å². The highest BCUT2D eigenvalue weighted by atomic mass is 16.6. The van der Waals surface area contributed by atoms with Crippen molar-refractivity contribution in [1.82, 2.24) is 15.3 Å². The van der Waals surface area contributed by atoms with Gasteiger partial charge in [0.1, 0.15) is 19.0 Å². The highest BCUT2D eigenvalue weighted by Gasteiger charge is 2.24. The molecule has 4 rings (SSSR count). The molecule has 0 radical (unpaired) electrons. The average molecular weight is 325 g/mol. The lowest BCUT2D eigenvalue weighted by Crippen LogP contribution is -2.31. The molecule has 1 atom stereocenters. The minimum Gasteiger partial charge on any atom is -0.486 e. The minimum absolute atomic E-state index is 0.0462. The van der Waals surface area contributed by atoms with E-state index in [1.54, 1.807) is 18.2 Å². The van der Waals surface area contributed by atoms with E-state index in [1.807, 2.05) is 13.1 Å². The van der Waals surface area contributed by atoms with E-state index >= 15 is 0 Å². The smallest absolute Gasteiger partial charge is 0.251 e. The molecule has 24 heavy (non-hydrogen) atoms. The summed E-state index contributed by atoms with van der Waals surface area (Å²) in [6, 6.07) is 5.23. The third kappa shape index (κ3) is 2.79. The first-order valence-electron chi connectivity index (χ1n) is 8.23. The Morgan fingerprint density at radius 1 is 1.25 bits per heavy atom. The van der Waals surface area contributed by atoms with Crippen molar-refractivity contribution in [2.45, 2.75) is 32.2 Å². The Morgan fingerprint density at radius 2 is 2.08 bits per heavy atom. The van der Waals surface area contributed by atoms with Crippen LogP contribution in [-0.4, -0.2) is 29.1 Å². The summed E-state index contributed by atoms with van der Waals surface area (Å²) in [4.78, 5) is 21.4. The second kappa shape index (κ2) is 6.11. The van der Waals surface area contributed by atoms with Gasteiger partial charge in [-0.3, -0.25) is 4.79 Å². The largest absolute Gasteiger partial charge is 0.486 e. The number of hydrogen-bond acceptors (Lipinski definition) is 5. The van der Waals surface area contributed by atoms with E-state index < -0.39 is 0 Å². The molecular formula is C18H19N3O3. The predicted molar refractivity (Wildman–Crippen MR) is 87.3 cm³/mol. The Morgan fingerprint density at radius 3 is 2.96 bits per heavy atom. The number of rotatable bonds is 2. The highest BCUT2D eigenvalue weighted by Crippen LogP contribution is 2.32. The molecule has 1 aliphatic heterocycles. The topological polar surface area (TPSA) is 73.3 Å². The summed E-state index contributed by atoms with van der Waals surface area (Å²) in [6.07, 6.45) is 4.69. The van der Waals surface area contributed by atoms with Gasteiger partial charge in [0.25, 0.3) is 5.91 Å². The number of nitrogens with one attached hydrogen (secondary N) is 1. The van der Waals surface area contributed by atoms with E-state index in [-0.39, 0.29) is 11.9 Å². The maximum Gasteiger partial charge on any atom is 0.251 e. The number of carbonyl (C=O) groups excluding carboxylic acids is 1. The van der Waals surface area contributed by atoms with Crippen LogP contribution in [-0.2, 0) is 6.42 Å². The van der Waals surface area contributed by atoms with E-state index in [0.717, 1.165) is 36.3 Å². The van der Waals surface area contributed by atoms with Gasteiger partial charge < -0.3 is 14.8 Å². The van der Waals surface area contributed by atoms with Gasteiger partial charge in [0, 0.05) is 23.0 Å². The maximum atomic E-state index is 12.6.